The van der Waals surface area contributed by atoms with E-state index in [0.29, 0.717) is 12.8 Å². The predicted molar refractivity (Wildman–Crippen MR) is 81.8 cm³/mol. The molecule has 2 aliphatic rings. The summed E-state index contributed by atoms with van der Waals surface area (Å²) < 4.78 is 0. The maximum absolute atomic E-state index is 12.3. The summed E-state index contributed by atoms with van der Waals surface area (Å²) in [5, 5.41) is 12.0. The van der Waals surface area contributed by atoms with Gasteiger partial charge in [0.2, 0.25) is 0 Å². The van der Waals surface area contributed by atoms with E-state index >= 15 is 0 Å². The Kier molecular flexibility index (Phi) is 4.29. The first-order valence-electron chi connectivity index (χ1n) is 7.78. The zero-order chi connectivity index (χ0) is 14.8. The highest BCUT2D eigenvalue weighted by atomic mass is 32.1. The molecule has 0 bridgehead atoms. The monoisotopic (exact) mass is 307 g/mol. The fraction of sp³-hybridized carbons (Fsp3) is 0.625. The third-order valence-corrected chi connectivity index (χ3v) is 5.82. The molecule has 2 aliphatic carbocycles. The molecule has 1 aromatic rings. The summed E-state index contributed by atoms with van der Waals surface area (Å²) >= 11 is 1.62. The molecule has 0 unspecified atom stereocenters. The quantitative estimate of drug-likeness (QED) is 0.844. The van der Waals surface area contributed by atoms with Gasteiger partial charge in [-0.05, 0) is 56.6 Å². The fourth-order valence-electron chi connectivity index (χ4n) is 3.37. The van der Waals surface area contributed by atoms with Crippen LogP contribution in [-0.4, -0.2) is 23.0 Å². The van der Waals surface area contributed by atoms with E-state index in [0.717, 1.165) is 24.1 Å². The molecular weight excluding hydrogens is 286 g/mol. The number of carboxylic acid groups (broad SMARTS) is 1. The van der Waals surface area contributed by atoms with Crippen molar-refractivity contribution in [2.45, 2.75) is 57.4 Å². The molecule has 0 aromatic carbocycles. The average molecular weight is 307 g/mol. The lowest BCUT2D eigenvalue weighted by atomic mass is 10.1. The van der Waals surface area contributed by atoms with Gasteiger partial charge in [0.1, 0.15) is 0 Å². The molecule has 114 valence electrons. The number of carboxylic acids is 1. The molecular formula is C16H21NO3S. The van der Waals surface area contributed by atoms with Gasteiger partial charge in [-0.3, -0.25) is 9.59 Å². The largest absolute Gasteiger partial charge is 0.481 e. The SMILES string of the molecule is O=C(N[C@@H]1CC[C@H](C(=O)O)C1)c1cc2c(s1)CCCCC2. The Morgan fingerprint density at radius 3 is 2.76 bits per heavy atom. The molecule has 2 atom stereocenters. The van der Waals surface area contributed by atoms with Gasteiger partial charge in [0.25, 0.3) is 5.91 Å². The molecule has 3 rings (SSSR count). The van der Waals surface area contributed by atoms with E-state index in [-0.39, 0.29) is 17.9 Å². The second-order valence-electron chi connectivity index (χ2n) is 6.14. The van der Waals surface area contributed by atoms with Crippen molar-refractivity contribution in [2.75, 3.05) is 0 Å². The first-order chi connectivity index (χ1) is 10.1. The first kappa shape index (κ1) is 14.6. The molecule has 0 saturated heterocycles. The molecule has 0 radical (unpaired) electrons. The van der Waals surface area contributed by atoms with Crippen LogP contribution in [0.2, 0.25) is 0 Å². The number of hydrogen-bond acceptors (Lipinski definition) is 3. The van der Waals surface area contributed by atoms with Crippen molar-refractivity contribution < 1.29 is 14.7 Å². The van der Waals surface area contributed by atoms with Crippen LogP contribution in [0.1, 0.15) is 58.6 Å². The van der Waals surface area contributed by atoms with E-state index in [1.165, 1.54) is 29.7 Å². The van der Waals surface area contributed by atoms with Crippen molar-refractivity contribution in [3.05, 3.63) is 21.4 Å². The summed E-state index contributed by atoms with van der Waals surface area (Å²) in [6.45, 7) is 0. The lowest BCUT2D eigenvalue weighted by Gasteiger charge is -2.11. The minimum atomic E-state index is -0.741. The van der Waals surface area contributed by atoms with Gasteiger partial charge in [-0.25, -0.2) is 0 Å². The number of fused-ring (bicyclic) bond motifs is 1. The molecule has 1 fully saturated rings. The van der Waals surface area contributed by atoms with Crippen LogP contribution < -0.4 is 5.32 Å². The number of thiophene rings is 1. The highest BCUT2D eigenvalue weighted by Crippen LogP contribution is 2.30. The Balaban J connectivity index is 1.62. The second kappa shape index (κ2) is 6.18. The van der Waals surface area contributed by atoms with Gasteiger partial charge < -0.3 is 10.4 Å². The van der Waals surface area contributed by atoms with E-state index in [1.54, 1.807) is 11.3 Å². The van der Waals surface area contributed by atoms with Crippen LogP contribution in [0.15, 0.2) is 6.07 Å². The molecule has 0 aliphatic heterocycles. The Bertz CT molecular complexity index is 528. The number of carbonyl (C=O) groups is 2. The van der Waals surface area contributed by atoms with E-state index < -0.39 is 5.97 Å². The standard InChI is InChI=1S/C16H21NO3S/c18-15(17-12-7-6-11(8-12)16(19)20)14-9-10-4-2-1-3-5-13(10)21-14/h9,11-12H,1-8H2,(H,17,18)(H,19,20)/t11-,12+/m0/s1. The minimum Gasteiger partial charge on any atom is -0.481 e. The van der Waals surface area contributed by atoms with Gasteiger partial charge in [0.15, 0.2) is 0 Å². The van der Waals surface area contributed by atoms with Gasteiger partial charge in [-0.1, -0.05) is 6.42 Å². The highest BCUT2D eigenvalue weighted by molar-refractivity contribution is 7.14. The van der Waals surface area contributed by atoms with Gasteiger partial charge >= 0.3 is 5.97 Å². The first-order valence-corrected chi connectivity index (χ1v) is 8.60. The van der Waals surface area contributed by atoms with Crippen LogP contribution in [0.3, 0.4) is 0 Å². The van der Waals surface area contributed by atoms with Crippen LogP contribution in [0.5, 0.6) is 0 Å². The molecule has 1 heterocycles. The third-order valence-electron chi connectivity index (χ3n) is 4.59. The smallest absolute Gasteiger partial charge is 0.306 e. The van der Waals surface area contributed by atoms with Crippen LogP contribution in [0, 0.1) is 5.92 Å². The van der Waals surface area contributed by atoms with Gasteiger partial charge in [0, 0.05) is 10.9 Å². The van der Waals surface area contributed by atoms with E-state index in [2.05, 4.69) is 5.32 Å². The predicted octanol–water partition coefficient (Wildman–Crippen LogP) is 3.00. The zero-order valence-corrected chi connectivity index (χ0v) is 12.9. The van der Waals surface area contributed by atoms with Crippen molar-refractivity contribution in [1.29, 1.82) is 0 Å². The number of carbonyl (C=O) groups excluding carboxylic acids is 1. The van der Waals surface area contributed by atoms with Crippen molar-refractivity contribution in [2.24, 2.45) is 5.92 Å². The van der Waals surface area contributed by atoms with E-state index in [1.807, 2.05) is 6.07 Å². The summed E-state index contributed by atoms with van der Waals surface area (Å²) in [5.41, 5.74) is 1.34. The van der Waals surface area contributed by atoms with Crippen molar-refractivity contribution in [3.8, 4) is 0 Å². The molecule has 0 spiro atoms. The molecule has 4 nitrogen and oxygen atoms in total. The molecule has 21 heavy (non-hydrogen) atoms. The van der Waals surface area contributed by atoms with E-state index in [4.69, 9.17) is 5.11 Å². The molecule has 5 heteroatoms. The highest BCUT2D eigenvalue weighted by Gasteiger charge is 2.31. The lowest BCUT2D eigenvalue weighted by molar-refractivity contribution is -0.141. The molecule has 1 saturated carbocycles. The lowest BCUT2D eigenvalue weighted by Crippen LogP contribution is -2.32. The van der Waals surface area contributed by atoms with Gasteiger partial charge in [-0.15, -0.1) is 11.3 Å². The maximum atomic E-state index is 12.3. The zero-order valence-electron chi connectivity index (χ0n) is 12.1. The van der Waals surface area contributed by atoms with Gasteiger partial charge in [0.05, 0.1) is 10.8 Å². The van der Waals surface area contributed by atoms with Crippen molar-refractivity contribution in [3.63, 3.8) is 0 Å². The second-order valence-corrected chi connectivity index (χ2v) is 7.28. The van der Waals surface area contributed by atoms with E-state index in [9.17, 15) is 9.59 Å². The van der Waals surface area contributed by atoms with Crippen LogP contribution in [0.25, 0.3) is 0 Å². The van der Waals surface area contributed by atoms with Crippen LogP contribution in [-0.2, 0) is 17.6 Å². The summed E-state index contributed by atoms with van der Waals surface area (Å²) in [5.74, 6) is -1.06. The number of hydrogen-bond donors (Lipinski definition) is 2. The van der Waals surface area contributed by atoms with Gasteiger partial charge in [-0.2, -0.15) is 0 Å². The Labute approximate surface area is 128 Å². The van der Waals surface area contributed by atoms with Crippen molar-refractivity contribution >= 4 is 23.2 Å². The van der Waals surface area contributed by atoms with Crippen LogP contribution >= 0.6 is 11.3 Å². The Morgan fingerprint density at radius 1 is 1.19 bits per heavy atom. The summed E-state index contributed by atoms with van der Waals surface area (Å²) in [4.78, 5) is 25.5. The summed E-state index contributed by atoms with van der Waals surface area (Å²) in [6, 6.07) is 2.06. The number of amides is 1. The number of aryl methyl sites for hydroxylation is 2. The van der Waals surface area contributed by atoms with Crippen molar-refractivity contribution in [1.82, 2.24) is 5.32 Å². The minimum absolute atomic E-state index is 0.0144. The molecule has 2 N–H and O–H groups in total. The summed E-state index contributed by atoms with van der Waals surface area (Å²) in [7, 11) is 0. The normalized spacial score (nSPS) is 25.1. The Hall–Kier alpha value is -1.36. The number of rotatable bonds is 3. The molecule has 1 aromatic heterocycles. The Morgan fingerprint density at radius 2 is 2.00 bits per heavy atom. The fourth-order valence-corrected chi connectivity index (χ4v) is 4.53. The summed E-state index contributed by atoms with van der Waals surface area (Å²) in [6.07, 6.45) is 7.90. The average Bonchev–Trinajstić information content (AvgIpc) is 3.01. The maximum Gasteiger partial charge on any atom is 0.306 e. The molecule has 1 amide bonds. The number of nitrogens with one attached hydrogen (secondary N) is 1. The van der Waals surface area contributed by atoms with Crippen LogP contribution in [0.4, 0.5) is 0 Å². The topological polar surface area (TPSA) is 66.4 Å². The number of aliphatic carboxylic acids is 1. The third kappa shape index (κ3) is 3.28.